The Morgan fingerprint density at radius 1 is 1.25 bits per heavy atom. The first-order chi connectivity index (χ1) is 11.6. The topological polar surface area (TPSA) is 55.2 Å². The molecule has 0 unspecified atom stereocenters. The molecule has 1 heterocycles. The van der Waals surface area contributed by atoms with E-state index in [1.807, 2.05) is 12.2 Å². The van der Waals surface area contributed by atoms with Gasteiger partial charge in [-0.3, -0.25) is 10.1 Å². The van der Waals surface area contributed by atoms with Gasteiger partial charge in [-0.2, -0.15) is 0 Å². The highest BCUT2D eigenvalue weighted by Crippen LogP contribution is 2.54. The van der Waals surface area contributed by atoms with Crippen LogP contribution in [0.15, 0.2) is 48.6 Å². The van der Waals surface area contributed by atoms with Crippen LogP contribution in [0.5, 0.6) is 0 Å². The number of nitrogens with zero attached hydrogens (tertiary/aromatic N) is 1. The molecule has 2 aromatic carbocycles. The maximum atomic E-state index is 14.3. The van der Waals surface area contributed by atoms with E-state index in [9.17, 15) is 14.5 Å². The minimum absolute atomic E-state index is 0.0200. The molecule has 2 aliphatic rings. The van der Waals surface area contributed by atoms with Crippen LogP contribution >= 0.6 is 11.6 Å². The molecule has 0 fully saturated rings. The highest BCUT2D eigenvalue weighted by molar-refractivity contribution is 6.33. The highest BCUT2D eigenvalue weighted by atomic mass is 35.5. The van der Waals surface area contributed by atoms with Crippen molar-refractivity contribution in [1.82, 2.24) is 0 Å². The third-order valence-corrected chi connectivity index (χ3v) is 5.20. The lowest BCUT2D eigenvalue weighted by Crippen LogP contribution is -2.30. The normalized spacial score (nSPS) is 24.2. The van der Waals surface area contributed by atoms with Crippen molar-refractivity contribution in [1.29, 1.82) is 0 Å². The third kappa shape index (κ3) is 2.19. The fourth-order valence-corrected chi connectivity index (χ4v) is 4.07. The zero-order chi connectivity index (χ0) is 16.8. The second-order valence-electron chi connectivity index (χ2n) is 6.11. The number of nitro benzene ring substituents is 1. The van der Waals surface area contributed by atoms with Gasteiger partial charge in [0.15, 0.2) is 0 Å². The second-order valence-corrected chi connectivity index (χ2v) is 6.52. The Morgan fingerprint density at radius 3 is 2.79 bits per heavy atom. The fraction of sp³-hybridized carbons (Fsp3) is 0.222. The van der Waals surface area contributed by atoms with Crippen molar-refractivity contribution in [2.75, 3.05) is 5.32 Å². The number of hydrogen-bond donors (Lipinski definition) is 1. The number of nitrogens with one attached hydrogen (secondary N) is 1. The monoisotopic (exact) mass is 344 g/mol. The Balaban J connectivity index is 1.90. The van der Waals surface area contributed by atoms with Crippen LogP contribution in [0.3, 0.4) is 0 Å². The standard InChI is InChI=1S/C18H14ClFN2O2/c19-13-8-9-15(22(23)24)16-10-5-3-6-11(10)17(21-18(13)16)12-4-1-2-7-14(12)20/h1-5,7-11,17,21H,6H2/t10-,11+,17+/m1/s1. The van der Waals surface area contributed by atoms with Gasteiger partial charge in [-0.25, -0.2) is 4.39 Å². The van der Waals surface area contributed by atoms with E-state index in [0.717, 1.165) is 6.42 Å². The molecule has 1 aliphatic carbocycles. The zero-order valence-corrected chi connectivity index (χ0v) is 13.3. The van der Waals surface area contributed by atoms with Crippen molar-refractivity contribution in [2.45, 2.75) is 18.4 Å². The fourth-order valence-electron chi connectivity index (χ4n) is 3.85. The van der Waals surface area contributed by atoms with Crippen LogP contribution < -0.4 is 5.32 Å². The van der Waals surface area contributed by atoms with E-state index in [0.29, 0.717) is 21.8 Å². The summed E-state index contributed by atoms with van der Waals surface area (Å²) in [5, 5.41) is 15.1. The molecule has 0 spiro atoms. The second kappa shape index (κ2) is 5.60. The molecule has 1 N–H and O–H groups in total. The summed E-state index contributed by atoms with van der Waals surface area (Å²) < 4.78 is 14.3. The van der Waals surface area contributed by atoms with Crippen molar-refractivity contribution in [2.24, 2.45) is 5.92 Å². The van der Waals surface area contributed by atoms with Crippen LogP contribution in [-0.4, -0.2) is 4.92 Å². The van der Waals surface area contributed by atoms with Gasteiger partial charge in [0.05, 0.1) is 27.2 Å². The molecule has 4 rings (SSSR count). The average molecular weight is 345 g/mol. The van der Waals surface area contributed by atoms with Crippen LogP contribution in [0.1, 0.15) is 29.5 Å². The van der Waals surface area contributed by atoms with Crippen LogP contribution in [-0.2, 0) is 0 Å². The number of allylic oxidation sites excluding steroid dienone is 2. The molecule has 24 heavy (non-hydrogen) atoms. The molecule has 4 nitrogen and oxygen atoms in total. The first-order valence-corrected chi connectivity index (χ1v) is 8.10. The van der Waals surface area contributed by atoms with E-state index in [1.54, 1.807) is 18.2 Å². The molecule has 122 valence electrons. The molecule has 0 radical (unpaired) electrons. The van der Waals surface area contributed by atoms with E-state index < -0.39 is 0 Å². The highest BCUT2D eigenvalue weighted by Gasteiger charge is 2.43. The maximum Gasteiger partial charge on any atom is 0.275 e. The Morgan fingerprint density at radius 2 is 2.04 bits per heavy atom. The van der Waals surface area contributed by atoms with Crippen LogP contribution in [0.25, 0.3) is 0 Å². The van der Waals surface area contributed by atoms with Crippen LogP contribution in [0.4, 0.5) is 15.8 Å². The van der Waals surface area contributed by atoms with Crippen molar-refractivity contribution >= 4 is 23.0 Å². The van der Waals surface area contributed by atoms with E-state index in [1.165, 1.54) is 18.2 Å². The Hall–Kier alpha value is -2.40. The van der Waals surface area contributed by atoms with Crippen molar-refractivity contribution in [3.8, 4) is 0 Å². The van der Waals surface area contributed by atoms with Crippen molar-refractivity contribution in [3.05, 3.63) is 80.6 Å². The SMILES string of the molecule is O=[N+]([O-])c1ccc(Cl)c2c1[C@@H]1C=CC[C@@H]1[C@@H](c1ccccc1F)N2. The predicted octanol–water partition coefficient (Wildman–Crippen LogP) is 5.21. The summed E-state index contributed by atoms with van der Waals surface area (Å²) in [5.74, 6) is -0.415. The van der Waals surface area contributed by atoms with E-state index in [-0.39, 0.29) is 34.3 Å². The van der Waals surface area contributed by atoms with Crippen LogP contribution in [0.2, 0.25) is 5.02 Å². The predicted molar refractivity (Wildman–Crippen MR) is 90.9 cm³/mol. The Kier molecular flexibility index (Phi) is 3.53. The number of nitro groups is 1. The van der Waals surface area contributed by atoms with Gasteiger partial charge >= 0.3 is 0 Å². The van der Waals surface area contributed by atoms with E-state index in [4.69, 9.17) is 11.6 Å². The first kappa shape index (κ1) is 15.1. The van der Waals surface area contributed by atoms with Crippen molar-refractivity contribution in [3.63, 3.8) is 0 Å². The molecular weight excluding hydrogens is 331 g/mol. The van der Waals surface area contributed by atoms with Crippen molar-refractivity contribution < 1.29 is 9.31 Å². The summed E-state index contributed by atoms with van der Waals surface area (Å²) >= 11 is 6.30. The number of rotatable bonds is 2. The lowest BCUT2D eigenvalue weighted by Gasteiger charge is -2.37. The molecular formula is C18H14ClFN2O2. The summed E-state index contributed by atoms with van der Waals surface area (Å²) in [6.07, 6.45) is 4.71. The minimum atomic E-state index is -0.385. The van der Waals surface area contributed by atoms with Gasteiger partial charge in [0.25, 0.3) is 5.69 Å². The van der Waals surface area contributed by atoms with Gasteiger partial charge in [-0.1, -0.05) is 42.0 Å². The number of anilines is 1. The Labute approximate surface area is 143 Å². The molecule has 0 saturated carbocycles. The summed E-state index contributed by atoms with van der Waals surface area (Å²) in [7, 11) is 0. The van der Waals surface area contributed by atoms with Gasteiger partial charge in [-0.05, 0) is 24.5 Å². The van der Waals surface area contributed by atoms with Gasteiger partial charge < -0.3 is 5.32 Å². The first-order valence-electron chi connectivity index (χ1n) is 7.72. The molecule has 0 saturated heterocycles. The Bertz CT molecular complexity index is 868. The van der Waals surface area contributed by atoms with Gasteiger partial charge in [0, 0.05) is 17.5 Å². The molecule has 3 atom stereocenters. The molecule has 0 aromatic heterocycles. The molecule has 1 aliphatic heterocycles. The number of halogens is 2. The summed E-state index contributed by atoms with van der Waals surface area (Å²) in [4.78, 5) is 11.0. The molecule has 0 amide bonds. The smallest absolute Gasteiger partial charge is 0.275 e. The summed E-state index contributed by atoms with van der Waals surface area (Å²) in [5.41, 5.74) is 1.74. The number of benzene rings is 2. The molecule has 0 bridgehead atoms. The lowest BCUT2D eigenvalue weighted by molar-refractivity contribution is -0.385. The van der Waals surface area contributed by atoms with E-state index >= 15 is 0 Å². The van der Waals surface area contributed by atoms with Crippen LogP contribution in [0, 0.1) is 21.8 Å². The number of hydrogen-bond acceptors (Lipinski definition) is 3. The lowest BCUT2D eigenvalue weighted by atomic mass is 9.76. The quantitative estimate of drug-likeness (QED) is 0.462. The zero-order valence-electron chi connectivity index (χ0n) is 12.6. The third-order valence-electron chi connectivity index (χ3n) is 4.88. The average Bonchev–Trinajstić information content (AvgIpc) is 3.05. The molecule has 2 aromatic rings. The maximum absolute atomic E-state index is 14.3. The van der Waals surface area contributed by atoms with Gasteiger partial charge in [0.1, 0.15) is 5.82 Å². The van der Waals surface area contributed by atoms with E-state index in [2.05, 4.69) is 5.32 Å². The summed E-state index contributed by atoms with van der Waals surface area (Å²) in [6.45, 7) is 0. The van der Waals surface area contributed by atoms with Gasteiger partial charge in [-0.15, -0.1) is 0 Å². The molecule has 6 heteroatoms. The van der Waals surface area contributed by atoms with Gasteiger partial charge in [0.2, 0.25) is 0 Å². The summed E-state index contributed by atoms with van der Waals surface area (Å²) in [6, 6.07) is 9.30. The largest absolute Gasteiger partial charge is 0.376 e. The minimum Gasteiger partial charge on any atom is -0.376 e. The number of fused-ring (bicyclic) bond motifs is 3.